The van der Waals surface area contributed by atoms with Crippen molar-refractivity contribution in [2.75, 3.05) is 5.75 Å². The minimum atomic E-state index is -3.92. The number of rotatable bonds is 11. The Morgan fingerprint density at radius 2 is 1.92 bits per heavy atom. The zero-order valence-corrected chi connectivity index (χ0v) is 21.2. The second-order valence-electron chi connectivity index (χ2n) is 6.55. The monoisotopic (exact) mass is 574 g/mol. The zero-order valence-electron chi connectivity index (χ0n) is 18.8. The highest BCUT2D eigenvalue weighted by Crippen LogP contribution is 2.26. The van der Waals surface area contributed by atoms with Crippen LogP contribution < -0.4 is 22.3 Å². The third-order valence-corrected chi connectivity index (χ3v) is 5.86. The Kier molecular flexibility index (Phi) is 12.1. The lowest BCUT2D eigenvalue weighted by Crippen LogP contribution is -2.21. The zero-order chi connectivity index (χ0) is 28.2. The number of phenols is 1. The molecule has 0 saturated heterocycles. The molecule has 0 spiro atoms. The van der Waals surface area contributed by atoms with Gasteiger partial charge in [-0.05, 0) is 18.2 Å². The van der Waals surface area contributed by atoms with Gasteiger partial charge in [-0.1, -0.05) is 0 Å². The van der Waals surface area contributed by atoms with Crippen molar-refractivity contribution in [2.24, 2.45) is 31.7 Å². The number of hydrogen-bond donors (Lipinski definition) is 6. The topological polar surface area (TPSA) is 294 Å². The number of aromatic nitrogens is 1. The molecule has 0 bridgehead atoms. The number of hydrogen-bond acceptors (Lipinski definition) is 11. The van der Waals surface area contributed by atoms with E-state index in [9.17, 15) is 28.1 Å². The minimum Gasteiger partial charge on any atom is -0.502 e. The van der Waals surface area contributed by atoms with Gasteiger partial charge in [-0.2, -0.15) is 25.2 Å². The van der Waals surface area contributed by atoms with Crippen LogP contribution >= 0.6 is 23.1 Å². The van der Waals surface area contributed by atoms with Crippen LogP contribution in [0.1, 0.15) is 22.5 Å². The second kappa shape index (κ2) is 14.5. The summed E-state index contributed by atoms with van der Waals surface area (Å²) in [5, 5.41) is 35.0. The molecule has 1 aromatic heterocycles. The highest BCUT2D eigenvalue weighted by molar-refractivity contribution is 7.98. The van der Waals surface area contributed by atoms with E-state index >= 15 is 0 Å². The largest absolute Gasteiger partial charge is 0.502 e. The highest BCUT2D eigenvalue weighted by Gasteiger charge is 2.15. The van der Waals surface area contributed by atoms with Gasteiger partial charge in [0.2, 0.25) is 5.13 Å². The first-order valence-corrected chi connectivity index (χ1v) is 13.1. The summed E-state index contributed by atoms with van der Waals surface area (Å²) in [6, 6.07) is 3.04. The Labute approximate surface area is 218 Å². The quantitative estimate of drug-likeness (QED) is 0.0402. The van der Waals surface area contributed by atoms with Crippen LogP contribution in [-0.4, -0.2) is 57.8 Å². The lowest BCUT2D eigenvalue weighted by molar-refractivity contribution is -0.385. The van der Waals surface area contributed by atoms with Gasteiger partial charge in [0.25, 0.3) is 0 Å². The Balaban J connectivity index is 0.000000375. The number of phenolic OH excluding ortho intramolecular Hbond substituents is 1. The normalized spacial score (nSPS) is 11.4. The number of nitrogens with zero attached hydrogens (tertiary/aromatic N) is 4. The van der Waals surface area contributed by atoms with Gasteiger partial charge in [-0.25, -0.2) is 14.9 Å². The maximum atomic E-state index is 11.4. The first-order valence-electron chi connectivity index (χ1n) is 9.59. The van der Waals surface area contributed by atoms with Crippen LogP contribution in [-0.2, 0) is 20.8 Å². The van der Waals surface area contributed by atoms with Crippen LogP contribution in [0.5, 0.6) is 5.75 Å². The average Bonchev–Trinajstić information content (AvgIpc) is 3.21. The number of carboxylic acid groups (broad SMARTS) is 1. The predicted molar refractivity (Wildman–Crippen MR) is 139 cm³/mol. The number of benzene rings is 1. The molecule has 37 heavy (non-hydrogen) atoms. The predicted octanol–water partition coefficient (Wildman–Crippen LogP) is 0.356. The number of aliphatic carboxylic acids is 1. The number of nitrogens with two attached hydrogens (primary N) is 4. The molecule has 0 unspecified atom stereocenters. The van der Waals surface area contributed by atoms with Crippen LogP contribution in [0.2, 0.25) is 0 Å². The lowest BCUT2D eigenvalue weighted by Gasteiger charge is -1.99. The first kappa shape index (κ1) is 31.0. The standard InChI is InChI=1S/C10H7NO6.C8H15N7O2S3/c12-8(3-4-10(14)15)6-1-2-9(13)7(5-6)11(16)17;9-6(15-20(12,16)17)1-2-18-3-5-4-19-8(13-5)14-7(10)11/h1-5,13H,(H,14,15);4H,1-3H2,(H2,9,15)(H2,12,16,17)(H4,10,11,13,14)/b4-3+;. The molecule has 2 rings (SSSR count). The number of ketones is 1. The summed E-state index contributed by atoms with van der Waals surface area (Å²) in [4.78, 5) is 39.2. The average molecular weight is 575 g/mol. The molecule has 10 N–H and O–H groups in total. The first-order chi connectivity index (χ1) is 17.2. The van der Waals surface area contributed by atoms with Crippen LogP contribution in [0.25, 0.3) is 0 Å². The van der Waals surface area contributed by atoms with Crippen molar-refractivity contribution >= 4 is 67.7 Å². The van der Waals surface area contributed by atoms with Gasteiger partial charge < -0.3 is 27.4 Å². The Hall–Kier alpha value is -4.07. The summed E-state index contributed by atoms with van der Waals surface area (Å²) in [5.41, 5.74) is 16.0. The van der Waals surface area contributed by atoms with Gasteiger partial charge in [0.15, 0.2) is 17.5 Å². The molecule has 0 aliphatic rings. The van der Waals surface area contributed by atoms with Crippen molar-refractivity contribution in [3.63, 3.8) is 0 Å². The van der Waals surface area contributed by atoms with E-state index in [1.165, 1.54) is 23.1 Å². The number of aromatic hydroxyl groups is 1. The number of carbonyl (C=O) groups excluding carboxylic acids is 1. The van der Waals surface area contributed by atoms with Gasteiger partial charge in [-0.15, -0.1) is 15.7 Å². The molecule has 200 valence electrons. The third-order valence-electron chi connectivity index (χ3n) is 3.60. The van der Waals surface area contributed by atoms with Crippen molar-refractivity contribution < 1.29 is 33.1 Å². The number of thioether (sulfide) groups is 1. The summed E-state index contributed by atoms with van der Waals surface area (Å²) in [5.74, 6) is -1.38. The number of nitro groups is 1. The van der Waals surface area contributed by atoms with Crippen molar-refractivity contribution in [3.05, 3.63) is 57.1 Å². The fourth-order valence-electron chi connectivity index (χ4n) is 2.15. The van der Waals surface area contributed by atoms with E-state index in [0.29, 0.717) is 29.1 Å². The van der Waals surface area contributed by atoms with Crippen LogP contribution in [0, 0.1) is 10.1 Å². The number of carboxylic acids is 1. The Bertz CT molecular complexity index is 1330. The van der Waals surface area contributed by atoms with E-state index in [-0.39, 0.29) is 17.4 Å². The molecule has 0 fully saturated rings. The minimum absolute atomic E-state index is 0.0144. The molecule has 19 heteroatoms. The highest BCUT2D eigenvalue weighted by atomic mass is 32.2. The van der Waals surface area contributed by atoms with E-state index in [1.54, 1.807) is 0 Å². The fourth-order valence-corrected chi connectivity index (χ4v) is 4.24. The van der Waals surface area contributed by atoms with Crippen molar-refractivity contribution in [1.29, 1.82) is 0 Å². The van der Waals surface area contributed by atoms with Gasteiger partial charge in [0.1, 0.15) is 5.84 Å². The third kappa shape index (κ3) is 13.0. The molecular weight excluding hydrogens is 552 g/mol. The molecule has 0 aliphatic heterocycles. The molecule has 0 radical (unpaired) electrons. The number of guanidine groups is 1. The van der Waals surface area contributed by atoms with Gasteiger partial charge in [0, 0.05) is 41.0 Å². The Morgan fingerprint density at radius 1 is 1.24 bits per heavy atom. The van der Waals surface area contributed by atoms with Crippen LogP contribution in [0.3, 0.4) is 0 Å². The molecule has 0 amide bonds. The maximum absolute atomic E-state index is 11.4. The van der Waals surface area contributed by atoms with E-state index in [2.05, 4.69) is 14.4 Å². The van der Waals surface area contributed by atoms with Crippen molar-refractivity contribution in [1.82, 2.24) is 4.98 Å². The maximum Gasteiger partial charge on any atom is 0.328 e. The Morgan fingerprint density at radius 3 is 2.49 bits per heavy atom. The molecule has 0 aliphatic carbocycles. The fraction of sp³-hybridized carbons (Fsp3) is 0.167. The summed E-state index contributed by atoms with van der Waals surface area (Å²) >= 11 is 2.86. The number of amidine groups is 1. The molecule has 1 heterocycles. The summed E-state index contributed by atoms with van der Waals surface area (Å²) in [6.07, 6.45) is 1.73. The molecule has 1 aromatic carbocycles. The van der Waals surface area contributed by atoms with Crippen LogP contribution in [0.4, 0.5) is 10.8 Å². The SMILES string of the molecule is NC(N)=Nc1nc(CSCC/C(N)=N\S(N)(=O)=O)cs1.O=C(O)/C=C/C(=O)c1ccc(O)c([N+](=O)[O-])c1. The summed E-state index contributed by atoms with van der Waals surface area (Å²) in [7, 11) is -3.92. The van der Waals surface area contributed by atoms with Crippen LogP contribution in [0.15, 0.2) is 45.1 Å². The molecular formula is C18H22N8O8S3. The summed E-state index contributed by atoms with van der Waals surface area (Å²) in [6.45, 7) is 0. The number of allylic oxidation sites excluding steroid dienone is 1. The number of nitro benzene ring substituents is 1. The molecule has 0 saturated carbocycles. The lowest BCUT2D eigenvalue weighted by atomic mass is 10.1. The van der Waals surface area contributed by atoms with Gasteiger partial charge in [0.05, 0.1) is 10.6 Å². The van der Waals surface area contributed by atoms with Crippen molar-refractivity contribution in [3.8, 4) is 5.75 Å². The van der Waals surface area contributed by atoms with E-state index in [4.69, 9.17) is 32.6 Å². The van der Waals surface area contributed by atoms with E-state index < -0.39 is 38.3 Å². The number of aliphatic imine (C=N–C) groups is 1. The second-order valence-corrected chi connectivity index (χ2v) is 9.71. The smallest absolute Gasteiger partial charge is 0.328 e. The van der Waals surface area contributed by atoms with E-state index in [0.717, 1.165) is 30.0 Å². The van der Waals surface area contributed by atoms with Crippen molar-refractivity contribution in [2.45, 2.75) is 12.2 Å². The molecule has 2 aromatic rings. The summed E-state index contributed by atoms with van der Waals surface area (Å²) < 4.78 is 24.5. The van der Waals surface area contributed by atoms with Gasteiger partial charge >= 0.3 is 21.9 Å². The number of carbonyl (C=O) groups is 2. The van der Waals surface area contributed by atoms with Gasteiger partial charge in [-0.3, -0.25) is 14.9 Å². The molecule has 0 atom stereocenters. The number of thiazole rings is 1. The van der Waals surface area contributed by atoms with E-state index in [1.807, 2.05) is 5.38 Å². The molecule has 16 nitrogen and oxygen atoms in total.